The first-order valence-corrected chi connectivity index (χ1v) is 11.6. The first-order chi connectivity index (χ1) is 15.0. The molecule has 1 saturated heterocycles. The van der Waals surface area contributed by atoms with Crippen LogP contribution in [0.15, 0.2) is 41.6 Å². The lowest BCUT2D eigenvalue weighted by molar-refractivity contribution is -0.117. The molecule has 0 bridgehead atoms. The summed E-state index contributed by atoms with van der Waals surface area (Å²) in [5, 5.41) is 22.1. The number of nitrogens with zero attached hydrogens (tertiary/aromatic N) is 3. The third-order valence-corrected chi connectivity index (χ3v) is 7.20. The Hall–Kier alpha value is -2.29. The molecule has 2 N–H and O–H groups in total. The van der Waals surface area contributed by atoms with Crippen LogP contribution in [0.2, 0.25) is 5.02 Å². The number of aromatic nitrogens is 1. The molecule has 8 nitrogen and oxygen atoms in total. The Kier molecular flexibility index (Phi) is 7.07. The van der Waals surface area contributed by atoms with Gasteiger partial charge < -0.3 is 14.9 Å². The number of pyridine rings is 1. The molecule has 1 aliphatic heterocycles. The lowest BCUT2D eigenvalue weighted by Crippen LogP contribution is -2.54. The molecule has 11 heteroatoms. The van der Waals surface area contributed by atoms with Crippen LogP contribution in [0.5, 0.6) is 5.75 Å². The SMILES string of the molecule is [C-]#[N+]c1ccc(O[C@H]2CN(S(=O)(=O)c3ccc(Cl)cn3)C[C@@]2(O)[C@@H](O)CC(C)C)cc1F. The summed E-state index contributed by atoms with van der Waals surface area (Å²) in [6.45, 7) is 9.89. The number of ether oxygens (including phenoxy) is 1. The number of aliphatic hydroxyl groups excluding tert-OH is 1. The Labute approximate surface area is 191 Å². The smallest absolute Gasteiger partial charge is 0.260 e. The molecule has 1 aliphatic rings. The van der Waals surface area contributed by atoms with Gasteiger partial charge in [0.25, 0.3) is 10.0 Å². The number of hydrogen-bond donors (Lipinski definition) is 2. The molecule has 1 aromatic carbocycles. The minimum atomic E-state index is -4.13. The average Bonchev–Trinajstić information content (AvgIpc) is 3.06. The maximum atomic E-state index is 14.0. The fraction of sp³-hybridized carbons (Fsp3) is 0.429. The van der Waals surface area contributed by atoms with Gasteiger partial charge in [-0.2, -0.15) is 4.31 Å². The van der Waals surface area contributed by atoms with Crippen molar-refractivity contribution >= 4 is 27.3 Å². The number of rotatable bonds is 7. The Morgan fingerprint density at radius 2 is 2.12 bits per heavy atom. The molecule has 1 aromatic heterocycles. The van der Waals surface area contributed by atoms with Gasteiger partial charge in [0.15, 0.2) is 5.03 Å². The van der Waals surface area contributed by atoms with Gasteiger partial charge in [-0.1, -0.05) is 25.4 Å². The zero-order valence-electron chi connectivity index (χ0n) is 17.4. The minimum absolute atomic E-state index is 0.000983. The zero-order valence-corrected chi connectivity index (χ0v) is 19.0. The highest BCUT2D eigenvalue weighted by Crippen LogP contribution is 2.35. The van der Waals surface area contributed by atoms with Crippen LogP contribution >= 0.6 is 11.6 Å². The summed E-state index contributed by atoms with van der Waals surface area (Å²) in [6, 6.07) is 6.19. The molecule has 2 heterocycles. The van der Waals surface area contributed by atoms with Crippen LogP contribution in [0.3, 0.4) is 0 Å². The molecule has 0 radical (unpaired) electrons. The molecule has 0 saturated carbocycles. The molecule has 32 heavy (non-hydrogen) atoms. The molecule has 3 atom stereocenters. The second-order valence-electron chi connectivity index (χ2n) is 8.08. The number of hydrogen-bond acceptors (Lipinski definition) is 6. The van der Waals surface area contributed by atoms with Crippen molar-refractivity contribution in [1.82, 2.24) is 9.29 Å². The van der Waals surface area contributed by atoms with Crippen LogP contribution in [0.25, 0.3) is 4.85 Å². The average molecular weight is 484 g/mol. The summed E-state index contributed by atoms with van der Waals surface area (Å²) < 4.78 is 46.9. The van der Waals surface area contributed by atoms with E-state index in [0.29, 0.717) is 0 Å². The summed E-state index contributed by atoms with van der Waals surface area (Å²) in [5.41, 5.74) is -2.16. The van der Waals surface area contributed by atoms with E-state index in [2.05, 4.69) is 9.83 Å². The van der Waals surface area contributed by atoms with E-state index in [1.165, 1.54) is 30.5 Å². The lowest BCUT2D eigenvalue weighted by Gasteiger charge is -2.34. The van der Waals surface area contributed by atoms with Crippen LogP contribution in [0.4, 0.5) is 10.1 Å². The lowest BCUT2D eigenvalue weighted by atomic mass is 9.87. The molecule has 1 fully saturated rings. The molecule has 3 rings (SSSR count). The predicted octanol–water partition coefficient (Wildman–Crippen LogP) is 3.01. The first-order valence-electron chi connectivity index (χ1n) is 9.83. The summed E-state index contributed by atoms with van der Waals surface area (Å²) in [7, 11) is -4.13. The third-order valence-electron chi connectivity index (χ3n) is 5.25. The number of β-amino-alcohol motifs (C(OH)–C–C–N with tert-alkyl or cyclic N) is 1. The van der Waals surface area contributed by atoms with E-state index < -0.39 is 40.2 Å². The van der Waals surface area contributed by atoms with Crippen molar-refractivity contribution in [3.05, 3.63) is 58.8 Å². The van der Waals surface area contributed by atoms with E-state index in [4.69, 9.17) is 22.9 Å². The van der Waals surface area contributed by atoms with Crippen LogP contribution < -0.4 is 4.74 Å². The van der Waals surface area contributed by atoms with Crippen molar-refractivity contribution in [1.29, 1.82) is 0 Å². The number of sulfonamides is 1. The minimum Gasteiger partial charge on any atom is -0.486 e. The van der Waals surface area contributed by atoms with Crippen LogP contribution in [-0.4, -0.2) is 58.8 Å². The predicted molar refractivity (Wildman–Crippen MR) is 115 cm³/mol. The van der Waals surface area contributed by atoms with E-state index >= 15 is 0 Å². The summed E-state index contributed by atoms with van der Waals surface area (Å²) in [5.74, 6) is -0.802. The van der Waals surface area contributed by atoms with Gasteiger partial charge in [-0.3, -0.25) is 0 Å². The number of halogens is 2. The van der Waals surface area contributed by atoms with Crippen molar-refractivity contribution in [2.75, 3.05) is 13.1 Å². The van der Waals surface area contributed by atoms with Crippen LogP contribution in [0.1, 0.15) is 20.3 Å². The number of aliphatic hydroxyl groups is 2. The molecule has 0 spiro atoms. The van der Waals surface area contributed by atoms with E-state index in [1.807, 2.05) is 13.8 Å². The van der Waals surface area contributed by atoms with Gasteiger partial charge in [-0.05, 0) is 36.6 Å². The van der Waals surface area contributed by atoms with Gasteiger partial charge in [0.1, 0.15) is 23.3 Å². The van der Waals surface area contributed by atoms with Crippen molar-refractivity contribution in [3.8, 4) is 5.75 Å². The Bertz CT molecular complexity index is 1120. The monoisotopic (exact) mass is 483 g/mol. The summed E-state index contributed by atoms with van der Waals surface area (Å²) >= 11 is 5.79. The van der Waals surface area contributed by atoms with Gasteiger partial charge in [0.2, 0.25) is 5.69 Å². The highest BCUT2D eigenvalue weighted by molar-refractivity contribution is 7.89. The van der Waals surface area contributed by atoms with Crippen molar-refractivity contribution < 1.29 is 27.8 Å². The van der Waals surface area contributed by atoms with E-state index in [-0.39, 0.29) is 40.4 Å². The summed E-state index contributed by atoms with van der Waals surface area (Å²) in [6.07, 6.45) is -1.12. The Morgan fingerprint density at radius 3 is 2.69 bits per heavy atom. The molecule has 2 aromatic rings. The Morgan fingerprint density at radius 1 is 1.41 bits per heavy atom. The first kappa shape index (κ1) is 24.4. The molecule has 0 amide bonds. The van der Waals surface area contributed by atoms with Gasteiger partial charge in [-0.15, -0.1) is 0 Å². The van der Waals surface area contributed by atoms with Gasteiger partial charge in [0.05, 0.1) is 24.2 Å². The third kappa shape index (κ3) is 4.87. The standard InChI is InChI=1S/C21H23ClFN3O5S/c1-13(2)8-18(27)21(28)12-26(32(29,30)20-7-4-14(22)10-25-20)11-19(21)31-15-5-6-17(24-3)16(23)9-15/h4-7,9-10,13,18-19,27-28H,8,11-12H2,1-2H3/t18-,19-,21+/m0/s1. The van der Waals surface area contributed by atoms with Crippen molar-refractivity contribution in [2.45, 2.75) is 43.1 Å². The molecule has 172 valence electrons. The van der Waals surface area contributed by atoms with Crippen molar-refractivity contribution in [3.63, 3.8) is 0 Å². The van der Waals surface area contributed by atoms with E-state index in [1.54, 1.807) is 0 Å². The van der Waals surface area contributed by atoms with Crippen LogP contribution in [-0.2, 0) is 10.0 Å². The number of benzene rings is 1. The fourth-order valence-electron chi connectivity index (χ4n) is 3.55. The normalized spacial score (nSPS) is 22.6. The fourth-order valence-corrected chi connectivity index (χ4v) is 5.06. The second-order valence-corrected chi connectivity index (χ2v) is 10.4. The van der Waals surface area contributed by atoms with Gasteiger partial charge in [0, 0.05) is 18.8 Å². The maximum absolute atomic E-state index is 14.0. The van der Waals surface area contributed by atoms with E-state index in [9.17, 15) is 23.0 Å². The van der Waals surface area contributed by atoms with Crippen molar-refractivity contribution in [2.24, 2.45) is 5.92 Å². The second kappa shape index (κ2) is 9.29. The Balaban J connectivity index is 1.94. The topological polar surface area (TPSA) is 104 Å². The zero-order chi connectivity index (χ0) is 23.7. The molecule has 0 aliphatic carbocycles. The van der Waals surface area contributed by atoms with E-state index in [0.717, 1.165) is 10.4 Å². The van der Waals surface area contributed by atoms with Gasteiger partial charge in [-0.25, -0.2) is 22.6 Å². The van der Waals surface area contributed by atoms with Crippen LogP contribution in [0, 0.1) is 18.3 Å². The highest BCUT2D eigenvalue weighted by Gasteiger charge is 2.55. The quantitative estimate of drug-likeness (QED) is 0.587. The largest absolute Gasteiger partial charge is 0.486 e. The molecule has 0 unspecified atom stereocenters. The summed E-state index contributed by atoms with van der Waals surface area (Å²) in [4.78, 5) is 6.89. The highest BCUT2D eigenvalue weighted by atomic mass is 35.5. The molecular formula is C21H23ClFN3O5S. The maximum Gasteiger partial charge on any atom is 0.260 e. The van der Waals surface area contributed by atoms with Gasteiger partial charge >= 0.3 is 0 Å². The molecular weight excluding hydrogens is 461 g/mol.